The highest BCUT2D eigenvalue weighted by molar-refractivity contribution is 8.00. The van der Waals surface area contributed by atoms with Crippen molar-refractivity contribution in [1.82, 2.24) is 10.2 Å². The fourth-order valence-corrected chi connectivity index (χ4v) is 4.21. The zero-order valence-corrected chi connectivity index (χ0v) is 14.5. The molecule has 114 valence electrons. The standard InChI is InChI=1S/C16H34N2S/c1-6-9-17-12-16(7-2,8-3)14-18-10-11-19-15(4,5)13-18/h17H,6-14H2,1-5H3. The normalized spacial score (nSPS) is 20.7. The van der Waals surface area contributed by atoms with E-state index in [1.807, 2.05) is 0 Å². The second kappa shape index (κ2) is 7.90. The van der Waals surface area contributed by atoms with Gasteiger partial charge in [0.05, 0.1) is 0 Å². The van der Waals surface area contributed by atoms with E-state index in [2.05, 4.69) is 56.6 Å². The first-order valence-electron chi connectivity index (χ1n) is 8.04. The molecule has 0 bridgehead atoms. The zero-order chi connectivity index (χ0) is 14.4. The second-order valence-corrected chi connectivity index (χ2v) is 8.50. The highest BCUT2D eigenvalue weighted by atomic mass is 32.2. The van der Waals surface area contributed by atoms with Crippen molar-refractivity contribution in [1.29, 1.82) is 0 Å². The molecular formula is C16H34N2S. The second-order valence-electron chi connectivity index (χ2n) is 6.70. The summed E-state index contributed by atoms with van der Waals surface area (Å²) in [4.78, 5) is 2.71. The molecule has 1 rings (SSSR count). The summed E-state index contributed by atoms with van der Waals surface area (Å²) in [7, 11) is 0. The summed E-state index contributed by atoms with van der Waals surface area (Å²) >= 11 is 2.13. The Kier molecular flexibility index (Phi) is 7.20. The number of hydrogen-bond acceptors (Lipinski definition) is 3. The third kappa shape index (κ3) is 5.65. The van der Waals surface area contributed by atoms with Crippen molar-refractivity contribution < 1.29 is 0 Å². The van der Waals surface area contributed by atoms with E-state index in [-0.39, 0.29) is 0 Å². The lowest BCUT2D eigenvalue weighted by molar-refractivity contribution is 0.130. The maximum absolute atomic E-state index is 3.66. The van der Waals surface area contributed by atoms with Crippen LogP contribution in [0.4, 0.5) is 0 Å². The summed E-state index contributed by atoms with van der Waals surface area (Å²) in [5.74, 6) is 1.29. The minimum atomic E-state index is 0.433. The van der Waals surface area contributed by atoms with Crippen LogP contribution < -0.4 is 5.32 Å². The number of thioether (sulfide) groups is 1. The van der Waals surface area contributed by atoms with Crippen LogP contribution in [-0.2, 0) is 0 Å². The van der Waals surface area contributed by atoms with E-state index in [0.717, 1.165) is 6.54 Å². The van der Waals surface area contributed by atoms with E-state index in [1.165, 1.54) is 51.2 Å². The number of rotatable bonds is 8. The molecule has 0 aromatic heterocycles. The van der Waals surface area contributed by atoms with E-state index < -0.39 is 0 Å². The van der Waals surface area contributed by atoms with Gasteiger partial charge in [0.25, 0.3) is 0 Å². The number of nitrogens with one attached hydrogen (secondary N) is 1. The predicted molar refractivity (Wildman–Crippen MR) is 89.2 cm³/mol. The molecule has 1 saturated heterocycles. The molecule has 0 saturated carbocycles. The molecule has 1 N–H and O–H groups in total. The van der Waals surface area contributed by atoms with Crippen molar-refractivity contribution in [3.8, 4) is 0 Å². The zero-order valence-electron chi connectivity index (χ0n) is 13.7. The van der Waals surface area contributed by atoms with Crippen molar-refractivity contribution in [3.05, 3.63) is 0 Å². The molecule has 1 aliphatic heterocycles. The minimum Gasteiger partial charge on any atom is -0.316 e. The van der Waals surface area contributed by atoms with Gasteiger partial charge in [-0.1, -0.05) is 20.8 Å². The van der Waals surface area contributed by atoms with Gasteiger partial charge in [0, 0.05) is 36.7 Å². The van der Waals surface area contributed by atoms with Gasteiger partial charge in [-0.25, -0.2) is 0 Å². The third-order valence-electron chi connectivity index (χ3n) is 4.49. The summed E-state index contributed by atoms with van der Waals surface area (Å²) < 4.78 is 0.433. The Hall–Kier alpha value is 0.270. The average molecular weight is 287 g/mol. The van der Waals surface area contributed by atoms with Crippen LogP contribution in [0.3, 0.4) is 0 Å². The lowest BCUT2D eigenvalue weighted by atomic mass is 9.81. The summed E-state index contributed by atoms with van der Waals surface area (Å²) in [6.07, 6.45) is 3.80. The Morgan fingerprint density at radius 3 is 2.42 bits per heavy atom. The minimum absolute atomic E-state index is 0.433. The molecule has 1 fully saturated rings. The molecule has 0 spiro atoms. The van der Waals surface area contributed by atoms with Crippen LogP contribution in [0.5, 0.6) is 0 Å². The monoisotopic (exact) mass is 286 g/mol. The van der Waals surface area contributed by atoms with Crippen LogP contribution in [-0.4, -0.2) is 48.1 Å². The molecule has 0 radical (unpaired) electrons. The fourth-order valence-electron chi connectivity index (χ4n) is 3.03. The van der Waals surface area contributed by atoms with E-state index in [4.69, 9.17) is 0 Å². The molecule has 0 aliphatic carbocycles. The molecule has 1 aliphatic rings. The molecular weight excluding hydrogens is 252 g/mol. The van der Waals surface area contributed by atoms with Crippen LogP contribution in [0.15, 0.2) is 0 Å². The molecule has 19 heavy (non-hydrogen) atoms. The predicted octanol–water partition coefficient (Wildman–Crippen LogP) is 3.62. The van der Waals surface area contributed by atoms with E-state index in [9.17, 15) is 0 Å². The van der Waals surface area contributed by atoms with Crippen LogP contribution in [0.25, 0.3) is 0 Å². The molecule has 0 atom stereocenters. The van der Waals surface area contributed by atoms with Gasteiger partial charge in [0.15, 0.2) is 0 Å². The van der Waals surface area contributed by atoms with Gasteiger partial charge in [-0.3, -0.25) is 0 Å². The summed E-state index contributed by atoms with van der Waals surface area (Å²) in [6.45, 7) is 17.9. The highest BCUT2D eigenvalue weighted by Gasteiger charge is 2.33. The smallest absolute Gasteiger partial charge is 0.0231 e. The molecule has 0 aromatic rings. The first kappa shape index (κ1) is 17.3. The highest BCUT2D eigenvalue weighted by Crippen LogP contribution is 2.33. The summed E-state index contributed by atoms with van der Waals surface area (Å²) in [5.41, 5.74) is 0.466. The van der Waals surface area contributed by atoms with Gasteiger partial charge in [-0.2, -0.15) is 11.8 Å². The van der Waals surface area contributed by atoms with E-state index >= 15 is 0 Å². The quantitative estimate of drug-likeness (QED) is 0.686. The fraction of sp³-hybridized carbons (Fsp3) is 1.00. The van der Waals surface area contributed by atoms with E-state index in [1.54, 1.807) is 0 Å². The number of nitrogens with zero attached hydrogens (tertiary/aromatic N) is 1. The maximum atomic E-state index is 3.66. The van der Waals surface area contributed by atoms with Crippen LogP contribution in [0.1, 0.15) is 53.9 Å². The van der Waals surface area contributed by atoms with Crippen LogP contribution in [0, 0.1) is 5.41 Å². The van der Waals surface area contributed by atoms with Gasteiger partial charge in [0.1, 0.15) is 0 Å². The molecule has 0 unspecified atom stereocenters. The third-order valence-corrected chi connectivity index (χ3v) is 5.79. The van der Waals surface area contributed by atoms with Crippen molar-refractivity contribution in [2.45, 2.75) is 58.6 Å². The van der Waals surface area contributed by atoms with Gasteiger partial charge < -0.3 is 10.2 Å². The lowest BCUT2D eigenvalue weighted by Gasteiger charge is -2.43. The van der Waals surface area contributed by atoms with Crippen LogP contribution in [0.2, 0.25) is 0 Å². The molecule has 0 aromatic carbocycles. The molecule has 3 heteroatoms. The average Bonchev–Trinajstić information content (AvgIpc) is 2.36. The Morgan fingerprint density at radius 1 is 1.21 bits per heavy atom. The van der Waals surface area contributed by atoms with Crippen molar-refractivity contribution >= 4 is 11.8 Å². The van der Waals surface area contributed by atoms with Crippen LogP contribution >= 0.6 is 11.8 Å². The number of hydrogen-bond donors (Lipinski definition) is 1. The SMILES string of the molecule is CCCNCC(CC)(CC)CN1CCSC(C)(C)C1. The van der Waals surface area contributed by atoms with E-state index in [0.29, 0.717) is 10.2 Å². The van der Waals surface area contributed by atoms with Crippen molar-refractivity contribution in [2.75, 3.05) is 38.5 Å². The van der Waals surface area contributed by atoms with Crippen molar-refractivity contribution in [2.24, 2.45) is 5.41 Å². The van der Waals surface area contributed by atoms with Gasteiger partial charge in [0.2, 0.25) is 0 Å². The first-order chi connectivity index (χ1) is 8.97. The Balaban J connectivity index is 2.56. The summed E-state index contributed by atoms with van der Waals surface area (Å²) in [6, 6.07) is 0. The Morgan fingerprint density at radius 2 is 1.89 bits per heavy atom. The topological polar surface area (TPSA) is 15.3 Å². The maximum Gasteiger partial charge on any atom is 0.0231 e. The summed E-state index contributed by atoms with van der Waals surface area (Å²) in [5, 5.41) is 3.66. The largest absolute Gasteiger partial charge is 0.316 e. The first-order valence-corrected chi connectivity index (χ1v) is 9.02. The van der Waals surface area contributed by atoms with Gasteiger partial charge in [-0.05, 0) is 45.1 Å². The molecule has 2 nitrogen and oxygen atoms in total. The Bertz CT molecular complexity index is 249. The molecule has 1 heterocycles. The lowest BCUT2D eigenvalue weighted by Crippen LogP contribution is -2.50. The Labute approximate surface area is 125 Å². The van der Waals surface area contributed by atoms with Gasteiger partial charge >= 0.3 is 0 Å². The molecule has 0 amide bonds. The van der Waals surface area contributed by atoms with Gasteiger partial charge in [-0.15, -0.1) is 0 Å². The van der Waals surface area contributed by atoms with Crippen molar-refractivity contribution in [3.63, 3.8) is 0 Å².